The third kappa shape index (κ3) is 3.45. The lowest BCUT2D eigenvalue weighted by Crippen LogP contribution is -2.82. The van der Waals surface area contributed by atoms with Gasteiger partial charge < -0.3 is 9.73 Å². The van der Waals surface area contributed by atoms with E-state index < -0.39 is 0 Å². The van der Waals surface area contributed by atoms with Crippen LogP contribution in [0, 0.1) is 0 Å². The van der Waals surface area contributed by atoms with Gasteiger partial charge in [-0.05, 0) is 30.7 Å². The van der Waals surface area contributed by atoms with Crippen LogP contribution in [0.3, 0.4) is 0 Å². The molecular weight excluding hydrogens is 278 g/mol. The van der Waals surface area contributed by atoms with Gasteiger partial charge in [0, 0.05) is 10.0 Å². The molecule has 17 heavy (non-hydrogen) atoms. The van der Waals surface area contributed by atoms with Crippen molar-refractivity contribution < 1.29 is 9.73 Å². The molecule has 0 unspecified atom stereocenters. The highest BCUT2D eigenvalue weighted by molar-refractivity contribution is 9.10. The van der Waals surface area contributed by atoms with Gasteiger partial charge in [0.1, 0.15) is 12.3 Å². The second-order valence-electron chi connectivity index (χ2n) is 4.05. The highest BCUT2D eigenvalue weighted by Crippen LogP contribution is 2.23. The highest BCUT2D eigenvalue weighted by Gasteiger charge is 2.05. The summed E-state index contributed by atoms with van der Waals surface area (Å²) in [5, 5.41) is 2.27. The molecule has 2 rings (SSSR count). The second kappa shape index (κ2) is 6.03. The Balaban J connectivity index is 2.04. The van der Waals surface area contributed by atoms with Crippen LogP contribution < -0.4 is 5.32 Å². The van der Waals surface area contributed by atoms with Gasteiger partial charge in [-0.15, -0.1) is 0 Å². The molecule has 1 aromatic carbocycles. The topological polar surface area (TPSA) is 29.8 Å². The van der Waals surface area contributed by atoms with Crippen molar-refractivity contribution in [2.45, 2.75) is 19.9 Å². The third-order valence-corrected chi connectivity index (χ3v) is 3.16. The highest BCUT2D eigenvalue weighted by atomic mass is 79.9. The molecule has 2 nitrogen and oxygen atoms in total. The normalized spacial score (nSPS) is 10.7. The van der Waals surface area contributed by atoms with Gasteiger partial charge in [-0.25, -0.2) is 0 Å². The lowest BCUT2D eigenvalue weighted by molar-refractivity contribution is -0.672. The number of halogens is 1. The summed E-state index contributed by atoms with van der Waals surface area (Å²) in [7, 11) is 0. The molecule has 0 aliphatic heterocycles. The van der Waals surface area contributed by atoms with Crippen LogP contribution in [0.25, 0.3) is 11.3 Å². The lowest BCUT2D eigenvalue weighted by atomic mass is 10.2. The SMILES string of the molecule is CCC[NH2+]Cc1ccc(-c2ccc(Br)cc2)o1. The number of hydrogen-bond donors (Lipinski definition) is 1. The first kappa shape index (κ1) is 12.4. The first-order valence-electron chi connectivity index (χ1n) is 5.96. The molecular formula is C14H17BrNO+. The van der Waals surface area contributed by atoms with Crippen LogP contribution in [-0.2, 0) is 6.54 Å². The van der Waals surface area contributed by atoms with E-state index in [1.165, 1.54) is 6.42 Å². The Kier molecular flexibility index (Phi) is 4.40. The van der Waals surface area contributed by atoms with Gasteiger partial charge >= 0.3 is 0 Å². The van der Waals surface area contributed by atoms with E-state index in [0.29, 0.717) is 0 Å². The zero-order chi connectivity index (χ0) is 12.1. The summed E-state index contributed by atoms with van der Waals surface area (Å²) in [5.74, 6) is 1.98. The summed E-state index contributed by atoms with van der Waals surface area (Å²) in [5.41, 5.74) is 1.12. The maximum absolute atomic E-state index is 5.81. The molecule has 0 saturated heterocycles. The summed E-state index contributed by atoms with van der Waals surface area (Å²) in [6.07, 6.45) is 1.19. The molecule has 2 aromatic rings. The van der Waals surface area contributed by atoms with E-state index in [0.717, 1.165) is 34.6 Å². The van der Waals surface area contributed by atoms with Crippen molar-refractivity contribution in [2.75, 3.05) is 6.54 Å². The maximum atomic E-state index is 5.81. The van der Waals surface area contributed by atoms with Crippen LogP contribution >= 0.6 is 15.9 Å². The molecule has 0 fully saturated rings. The maximum Gasteiger partial charge on any atom is 0.158 e. The summed E-state index contributed by atoms with van der Waals surface area (Å²) < 4.78 is 6.90. The molecule has 0 aliphatic carbocycles. The Morgan fingerprint density at radius 3 is 2.59 bits per heavy atom. The van der Waals surface area contributed by atoms with Crippen molar-refractivity contribution in [1.29, 1.82) is 0 Å². The minimum Gasteiger partial charge on any atom is -0.455 e. The Hall–Kier alpha value is -1.06. The predicted octanol–water partition coefficient (Wildman–Crippen LogP) is 3.18. The van der Waals surface area contributed by atoms with Crippen molar-refractivity contribution in [1.82, 2.24) is 0 Å². The van der Waals surface area contributed by atoms with Gasteiger partial charge in [0.05, 0.1) is 6.54 Å². The average molecular weight is 295 g/mol. The molecule has 1 heterocycles. The van der Waals surface area contributed by atoms with E-state index >= 15 is 0 Å². The van der Waals surface area contributed by atoms with E-state index in [1.54, 1.807) is 0 Å². The monoisotopic (exact) mass is 294 g/mol. The van der Waals surface area contributed by atoms with Gasteiger partial charge in [0.2, 0.25) is 0 Å². The lowest BCUT2D eigenvalue weighted by Gasteiger charge is -1.98. The summed E-state index contributed by atoms with van der Waals surface area (Å²) in [4.78, 5) is 0. The van der Waals surface area contributed by atoms with Crippen LogP contribution in [0.15, 0.2) is 45.3 Å². The van der Waals surface area contributed by atoms with Crippen LogP contribution in [0.5, 0.6) is 0 Å². The molecule has 0 bridgehead atoms. The van der Waals surface area contributed by atoms with Crippen molar-refractivity contribution in [3.05, 3.63) is 46.6 Å². The zero-order valence-corrected chi connectivity index (χ0v) is 11.5. The standard InChI is InChI=1S/C14H16BrNO/c1-2-9-16-10-13-7-8-14(17-13)11-3-5-12(15)6-4-11/h3-8,16H,2,9-10H2,1H3/p+1. The van der Waals surface area contributed by atoms with Crippen molar-refractivity contribution in [2.24, 2.45) is 0 Å². The molecule has 0 spiro atoms. The van der Waals surface area contributed by atoms with E-state index in [4.69, 9.17) is 4.42 Å². The van der Waals surface area contributed by atoms with E-state index in [2.05, 4.69) is 46.4 Å². The minimum atomic E-state index is 0.921. The largest absolute Gasteiger partial charge is 0.455 e. The number of hydrogen-bond acceptors (Lipinski definition) is 1. The van der Waals surface area contributed by atoms with Crippen LogP contribution in [0.2, 0.25) is 0 Å². The van der Waals surface area contributed by atoms with E-state index in [-0.39, 0.29) is 0 Å². The van der Waals surface area contributed by atoms with Crippen molar-refractivity contribution in [3.8, 4) is 11.3 Å². The minimum absolute atomic E-state index is 0.921. The fourth-order valence-electron chi connectivity index (χ4n) is 1.71. The third-order valence-electron chi connectivity index (χ3n) is 2.63. The number of rotatable bonds is 5. The summed E-state index contributed by atoms with van der Waals surface area (Å²) in [6.45, 7) is 4.25. The molecule has 1 aromatic heterocycles. The van der Waals surface area contributed by atoms with Crippen LogP contribution in [0.4, 0.5) is 0 Å². The quantitative estimate of drug-likeness (QED) is 0.844. The Bertz CT molecular complexity index is 461. The molecule has 0 saturated carbocycles. The Morgan fingerprint density at radius 1 is 1.12 bits per heavy atom. The van der Waals surface area contributed by atoms with Crippen LogP contribution in [0.1, 0.15) is 19.1 Å². The molecule has 2 N–H and O–H groups in total. The number of furan rings is 1. The first-order chi connectivity index (χ1) is 8.29. The second-order valence-corrected chi connectivity index (χ2v) is 4.97. The fraction of sp³-hybridized carbons (Fsp3) is 0.286. The predicted molar refractivity (Wildman–Crippen MR) is 72.6 cm³/mol. The van der Waals surface area contributed by atoms with E-state index in [1.807, 2.05) is 18.2 Å². The molecule has 3 heteroatoms. The summed E-state index contributed by atoms with van der Waals surface area (Å²) >= 11 is 3.43. The Morgan fingerprint density at radius 2 is 1.88 bits per heavy atom. The molecule has 0 amide bonds. The van der Waals surface area contributed by atoms with Gasteiger partial charge in [-0.2, -0.15) is 0 Å². The average Bonchev–Trinajstić information content (AvgIpc) is 2.79. The molecule has 0 atom stereocenters. The number of nitrogens with two attached hydrogens (primary N) is 1. The molecule has 0 radical (unpaired) electrons. The van der Waals surface area contributed by atoms with Gasteiger partial charge in [-0.1, -0.05) is 35.0 Å². The van der Waals surface area contributed by atoms with Crippen molar-refractivity contribution >= 4 is 15.9 Å². The van der Waals surface area contributed by atoms with Gasteiger partial charge in [0.25, 0.3) is 0 Å². The van der Waals surface area contributed by atoms with Gasteiger partial charge in [0.15, 0.2) is 5.76 Å². The van der Waals surface area contributed by atoms with Gasteiger partial charge in [-0.3, -0.25) is 0 Å². The number of benzene rings is 1. The summed E-state index contributed by atoms with van der Waals surface area (Å²) in [6, 6.07) is 12.3. The zero-order valence-electron chi connectivity index (χ0n) is 9.95. The first-order valence-corrected chi connectivity index (χ1v) is 6.75. The van der Waals surface area contributed by atoms with Crippen LogP contribution in [-0.4, -0.2) is 6.54 Å². The van der Waals surface area contributed by atoms with E-state index in [9.17, 15) is 0 Å². The smallest absolute Gasteiger partial charge is 0.158 e. The number of quaternary nitrogens is 1. The molecule has 90 valence electrons. The van der Waals surface area contributed by atoms with Crippen molar-refractivity contribution in [3.63, 3.8) is 0 Å². The fourth-order valence-corrected chi connectivity index (χ4v) is 1.97. The molecule has 0 aliphatic rings. The Labute approximate surface area is 110 Å².